The van der Waals surface area contributed by atoms with Crippen LogP contribution in [0, 0.1) is 5.92 Å². The van der Waals surface area contributed by atoms with Crippen molar-refractivity contribution in [1.29, 1.82) is 0 Å². The van der Waals surface area contributed by atoms with E-state index in [-0.39, 0.29) is 26.1 Å². The van der Waals surface area contributed by atoms with Gasteiger partial charge in [-0.1, -0.05) is 13.3 Å². The summed E-state index contributed by atoms with van der Waals surface area (Å²) in [5.74, 6) is -1.18. The van der Waals surface area contributed by atoms with E-state index in [0.717, 1.165) is 12.8 Å². The number of hydrogen-bond acceptors (Lipinski definition) is 4. The van der Waals surface area contributed by atoms with Gasteiger partial charge in [0, 0.05) is 26.1 Å². The van der Waals surface area contributed by atoms with E-state index in [1.54, 1.807) is 0 Å². The van der Waals surface area contributed by atoms with Gasteiger partial charge in [0.2, 0.25) is 0 Å². The third-order valence-corrected chi connectivity index (χ3v) is 2.53. The molecule has 0 spiro atoms. The summed E-state index contributed by atoms with van der Waals surface area (Å²) in [6.07, 6.45) is 3.71. The van der Waals surface area contributed by atoms with Crippen LogP contribution in [-0.4, -0.2) is 45.6 Å². The third kappa shape index (κ3) is 22.5. The van der Waals surface area contributed by atoms with Gasteiger partial charge in [0.15, 0.2) is 0 Å². The van der Waals surface area contributed by atoms with Gasteiger partial charge < -0.3 is 20.4 Å². The number of aliphatic carboxylic acids is 2. The van der Waals surface area contributed by atoms with Crippen molar-refractivity contribution in [2.45, 2.75) is 51.9 Å². The van der Waals surface area contributed by atoms with Crippen molar-refractivity contribution in [1.82, 2.24) is 0 Å². The summed E-state index contributed by atoms with van der Waals surface area (Å²) in [6.45, 7) is 2.49. The molecule has 0 radical (unpaired) electrons. The summed E-state index contributed by atoms with van der Waals surface area (Å²) in [5.41, 5.74) is 0. The van der Waals surface area contributed by atoms with Crippen molar-refractivity contribution in [2.24, 2.45) is 5.92 Å². The van der Waals surface area contributed by atoms with Crippen LogP contribution in [0.2, 0.25) is 0 Å². The smallest absolute Gasteiger partial charge is 0.303 e. The fraction of sp³-hybridized carbons (Fsp3) is 0.846. The average molecular weight is 278 g/mol. The topological polar surface area (TPSA) is 115 Å². The minimum Gasteiger partial charge on any atom is -0.481 e. The molecule has 0 fully saturated rings. The van der Waals surface area contributed by atoms with Crippen molar-refractivity contribution in [3.63, 3.8) is 0 Å². The van der Waals surface area contributed by atoms with Crippen molar-refractivity contribution >= 4 is 11.9 Å². The molecule has 0 aromatic rings. The highest BCUT2D eigenvalue weighted by atomic mass is 16.4. The minimum absolute atomic E-state index is 0.139. The van der Waals surface area contributed by atoms with Crippen LogP contribution < -0.4 is 0 Å². The summed E-state index contributed by atoms with van der Waals surface area (Å²) >= 11 is 0. The number of hydrogen-bond donors (Lipinski definition) is 4. The maximum atomic E-state index is 9.98. The first-order chi connectivity index (χ1) is 8.93. The molecule has 6 nitrogen and oxygen atoms in total. The molecule has 0 aromatic heterocycles. The fourth-order valence-electron chi connectivity index (χ4n) is 1.31. The lowest BCUT2D eigenvalue weighted by Crippen LogP contribution is -1.99. The Morgan fingerprint density at radius 3 is 1.47 bits per heavy atom. The second kappa shape index (κ2) is 14.9. The van der Waals surface area contributed by atoms with Crippen molar-refractivity contribution < 1.29 is 30.0 Å². The van der Waals surface area contributed by atoms with Gasteiger partial charge in [-0.05, 0) is 31.6 Å². The molecule has 4 N–H and O–H groups in total. The monoisotopic (exact) mass is 278 g/mol. The van der Waals surface area contributed by atoms with Crippen LogP contribution >= 0.6 is 0 Å². The largest absolute Gasteiger partial charge is 0.481 e. The lowest BCUT2D eigenvalue weighted by atomic mass is 10.1. The molecule has 19 heavy (non-hydrogen) atoms. The first-order valence-corrected chi connectivity index (χ1v) is 6.59. The summed E-state index contributed by atoms with van der Waals surface area (Å²) in [6, 6.07) is 0. The lowest BCUT2D eigenvalue weighted by molar-refractivity contribution is -0.137. The molecule has 0 aliphatic carbocycles. The molecule has 0 saturated carbocycles. The van der Waals surface area contributed by atoms with E-state index in [4.69, 9.17) is 20.4 Å². The van der Waals surface area contributed by atoms with Crippen LogP contribution in [0.1, 0.15) is 51.9 Å². The predicted molar refractivity (Wildman–Crippen MR) is 70.9 cm³/mol. The minimum atomic E-state index is -0.819. The van der Waals surface area contributed by atoms with Gasteiger partial charge in [0.05, 0.1) is 0 Å². The molecule has 0 aliphatic rings. The molecule has 0 heterocycles. The summed E-state index contributed by atoms with van der Waals surface area (Å²) in [4.78, 5) is 20.0. The van der Waals surface area contributed by atoms with Crippen LogP contribution in [0.15, 0.2) is 0 Å². The highest BCUT2D eigenvalue weighted by molar-refractivity contribution is 5.67. The van der Waals surface area contributed by atoms with E-state index in [9.17, 15) is 9.59 Å². The Labute approximate surface area is 114 Å². The van der Waals surface area contributed by atoms with Gasteiger partial charge in [-0.2, -0.15) is 0 Å². The zero-order chi connectivity index (χ0) is 15.1. The van der Waals surface area contributed by atoms with Gasteiger partial charge in [-0.15, -0.1) is 0 Å². The van der Waals surface area contributed by atoms with E-state index in [2.05, 4.69) is 0 Å². The molecule has 0 unspecified atom stereocenters. The molecular formula is C13H26O6. The van der Waals surface area contributed by atoms with E-state index in [1.807, 2.05) is 6.92 Å². The Bertz CT molecular complexity index is 207. The number of carboxylic acids is 2. The second-order valence-electron chi connectivity index (χ2n) is 4.48. The molecular weight excluding hydrogens is 252 g/mol. The van der Waals surface area contributed by atoms with Gasteiger partial charge in [0.25, 0.3) is 0 Å². The Hall–Kier alpha value is -1.14. The highest BCUT2D eigenvalue weighted by Gasteiger charge is 1.99. The van der Waals surface area contributed by atoms with Crippen LogP contribution in [0.5, 0.6) is 0 Å². The molecule has 0 amide bonds. The molecule has 0 atom stereocenters. The highest BCUT2D eigenvalue weighted by Crippen LogP contribution is 2.04. The number of carbonyl (C=O) groups is 2. The van der Waals surface area contributed by atoms with Crippen LogP contribution in [0.4, 0.5) is 0 Å². The first-order valence-electron chi connectivity index (χ1n) is 6.59. The SMILES string of the molecule is CC(CCO)CCO.O=C(O)CCCCCC(=O)O. The third-order valence-electron chi connectivity index (χ3n) is 2.53. The fourth-order valence-corrected chi connectivity index (χ4v) is 1.31. The van der Waals surface area contributed by atoms with Gasteiger partial charge in [-0.3, -0.25) is 9.59 Å². The molecule has 6 heteroatoms. The first kappa shape index (κ1) is 20.2. The van der Waals surface area contributed by atoms with E-state index < -0.39 is 11.9 Å². The van der Waals surface area contributed by atoms with Crippen molar-refractivity contribution in [2.75, 3.05) is 13.2 Å². The summed E-state index contributed by atoms with van der Waals surface area (Å²) in [5, 5.41) is 33.2. The maximum Gasteiger partial charge on any atom is 0.303 e. The zero-order valence-electron chi connectivity index (χ0n) is 11.5. The second-order valence-corrected chi connectivity index (χ2v) is 4.48. The Morgan fingerprint density at radius 1 is 0.842 bits per heavy atom. The molecule has 0 saturated heterocycles. The quantitative estimate of drug-likeness (QED) is 0.450. The van der Waals surface area contributed by atoms with Crippen LogP contribution in [-0.2, 0) is 9.59 Å². The standard InChI is InChI=1S/C7H12O4.C6H14O2/c8-6(9)4-2-1-3-5-7(10)11;1-6(2-4-7)3-5-8/h1-5H2,(H,8,9)(H,10,11);6-8H,2-5H2,1H3. The Balaban J connectivity index is 0. The Kier molecular flexibility index (Phi) is 15.8. The van der Waals surface area contributed by atoms with E-state index in [1.165, 1.54) is 0 Å². The molecule has 0 rings (SSSR count). The average Bonchev–Trinajstić information content (AvgIpc) is 2.29. The molecule has 0 aliphatic heterocycles. The number of rotatable bonds is 10. The summed E-state index contributed by atoms with van der Waals surface area (Å²) in [7, 11) is 0. The van der Waals surface area contributed by atoms with Crippen LogP contribution in [0.25, 0.3) is 0 Å². The van der Waals surface area contributed by atoms with Crippen molar-refractivity contribution in [3.8, 4) is 0 Å². The van der Waals surface area contributed by atoms with Crippen LogP contribution in [0.3, 0.4) is 0 Å². The predicted octanol–water partition coefficient (Wildman–Crippen LogP) is 1.49. The number of aliphatic hydroxyl groups is 2. The molecule has 0 bridgehead atoms. The van der Waals surface area contributed by atoms with E-state index in [0.29, 0.717) is 25.2 Å². The lowest BCUT2D eigenvalue weighted by Gasteiger charge is -2.04. The molecule has 0 aromatic carbocycles. The van der Waals surface area contributed by atoms with Gasteiger partial charge in [0.1, 0.15) is 0 Å². The van der Waals surface area contributed by atoms with Gasteiger partial charge >= 0.3 is 11.9 Å². The molecule has 114 valence electrons. The number of aliphatic hydroxyl groups excluding tert-OH is 2. The maximum absolute atomic E-state index is 9.98. The zero-order valence-corrected chi connectivity index (χ0v) is 11.5. The Morgan fingerprint density at radius 2 is 1.21 bits per heavy atom. The number of carboxylic acid groups (broad SMARTS) is 2. The summed E-state index contributed by atoms with van der Waals surface area (Å²) < 4.78 is 0. The van der Waals surface area contributed by atoms with Gasteiger partial charge in [-0.25, -0.2) is 0 Å². The van der Waals surface area contributed by atoms with Crippen molar-refractivity contribution in [3.05, 3.63) is 0 Å². The van der Waals surface area contributed by atoms with E-state index >= 15 is 0 Å². The number of unbranched alkanes of at least 4 members (excludes halogenated alkanes) is 2. The normalized spacial score (nSPS) is 9.89.